The third kappa shape index (κ3) is 3.24. The van der Waals surface area contributed by atoms with Gasteiger partial charge in [-0.15, -0.1) is 0 Å². The first kappa shape index (κ1) is 14.9. The lowest BCUT2D eigenvalue weighted by atomic mass is 10.3. The van der Waals surface area contributed by atoms with Gasteiger partial charge in [0.05, 0.1) is 24.0 Å². The van der Waals surface area contributed by atoms with Crippen molar-refractivity contribution in [3.63, 3.8) is 0 Å². The second kappa shape index (κ2) is 6.80. The Morgan fingerprint density at radius 2 is 2.13 bits per heavy atom. The Morgan fingerprint density at radius 3 is 2.96 bits per heavy atom. The summed E-state index contributed by atoms with van der Waals surface area (Å²) in [4.78, 5) is 29.3. The maximum atomic E-state index is 10.6. The van der Waals surface area contributed by atoms with E-state index in [0.29, 0.717) is 35.9 Å². The Bertz CT molecular complexity index is 824. The van der Waals surface area contributed by atoms with Crippen LogP contribution >= 0.6 is 0 Å². The Hall–Kier alpha value is -3.06. The molecule has 0 aliphatic rings. The number of hydrogen-bond acceptors (Lipinski definition) is 6. The number of fused-ring (bicyclic) bond motifs is 1. The Kier molecular flexibility index (Phi) is 4.39. The number of pyridine rings is 1. The van der Waals surface area contributed by atoms with Crippen molar-refractivity contribution in [3.8, 4) is 0 Å². The summed E-state index contributed by atoms with van der Waals surface area (Å²) in [6.07, 6.45) is 3.97. The van der Waals surface area contributed by atoms with E-state index >= 15 is 0 Å². The van der Waals surface area contributed by atoms with Crippen molar-refractivity contribution < 1.29 is 9.63 Å². The predicted octanol–water partition coefficient (Wildman–Crippen LogP) is 2.68. The highest BCUT2D eigenvalue weighted by molar-refractivity contribution is 5.76. The average molecular weight is 309 g/mol. The number of nitrogens with zero attached hydrogens (tertiary/aromatic N) is 4. The van der Waals surface area contributed by atoms with Crippen molar-refractivity contribution in [3.05, 3.63) is 48.8 Å². The van der Waals surface area contributed by atoms with Crippen LogP contribution in [0.2, 0.25) is 0 Å². The highest BCUT2D eigenvalue weighted by Crippen LogP contribution is 2.26. The maximum absolute atomic E-state index is 10.6. The van der Waals surface area contributed by atoms with Crippen molar-refractivity contribution in [2.45, 2.75) is 6.92 Å². The fraction of sp³-hybridized carbons (Fsp3) is 0.125. The molecular weight excluding hydrogens is 294 g/mol. The zero-order chi connectivity index (χ0) is 16.1. The molecule has 0 fully saturated rings. The minimum absolute atomic E-state index is 0.399. The van der Waals surface area contributed by atoms with Gasteiger partial charge >= 0.3 is 0 Å². The summed E-state index contributed by atoms with van der Waals surface area (Å²) in [5.74, 6) is 0.399. The third-order valence-electron chi connectivity index (χ3n) is 3.09. The number of benzene rings is 1. The van der Waals surface area contributed by atoms with Crippen molar-refractivity contribution in [2.75, 3.05) is 17.0 Å². The summed E-state index contributed by atoms with van der Waals surface area (Å²) in [7, 11) is 0. The number of anilines is 3. The second-order valence-electron chi connectivity index (χ2n) is 4.60. The second-order valence-corrected chi connectivity index (χ2v) is 4.60. The van der Waals surface area contributed by atoms with Crippen LogP contribution in [0.25, 0.3) is 11.0 Å². The van der Waals surface area contributed by atoms with E-state index in [-0.39, 0.29) is 0 Å². The SMILES string of the molecule is CCON(c1cccc(NC=O)c1)c1ncc2ncccc2n1. The quantitative estimate of drug-likeness (QED) is 0.557. The van der Waals surface area contributed by atoms with Crippen LogP contribution in [0, 0.1) is 0 Å². The highest BCUT2D eigenvalue weighted by Gasteiger charge is 2.14. The van der Waals surface area contributed by atoms with Crippen LogP contribution in [-0.4, -0.2) is 28.0 Å². The molecule has 0 aliphatic carbocycles. The van der Waals surface area contributed by atoms with Crippen LogP contribution in [-0.2, 0) is 9.63 Å². The molecule has 0 unspecified atom stereocenters. The minimum Gasteiger partial charge on any atom is -0.329 e. The number of rotatable bonds is 6. The van der Waals surface area contributed by atoms with Crippen LogP contribution in [0.4, 0.5) is 17.3 Å². The van der Waals surface area contributed by atoms with E-state index in [2.05, 4.69) is 20.3 Å². The highest BCUT2D eigenvalue weighted by atomic mass is 16.7. The molecule has 1 N–H and O–H groups in total. The summed E-state index contributed by atoms with van der Waals surface area (Å²) in [6, 6.07) is 10.9. The monoisotopic (exact) mass is 309 g/mol. The molecule has 1 aromatic carbocycles. The van der Waals surface area contributed by atoms with Gasteiger partial charge in [-0.2, -0.15) is 5.06 Å². The molecule has 0 spiro atoms. The van der Waals surface area contributed by atoms with Gasteiger partial charge in [-0.25, -0.2) is 9.97 Å². The third-order valence-corrected chi connectivity index (χ3v) is 3.09. The molecule has 3 rings (SSSR count). The molecule has 0 atom stereocenters. The molecule has 0 bridgehead atoms. The molecule has 3 aromatic rings. The fourth-order valence-electron chi connectivity index (χ4n) is 2.12. The number of hydrogen-bond donors (Lipinski definition) is 1. The first-order valence-corrected chi connectivity index (χ1v) is 7.13. The number of amides is 1. The molecule has 1 amide bonds. The molecule has 116 valence electrons. The first-order chi connectivity index (χ1) is 11.3. The lowest BCUT2D eigenvalue weighted by Gasteiger charge is -2.21. The maximum Gasteiger partial charge on any atom is 0.255 e. The standard InChI is InChI=1S/C16H15N5O2/c1-2-23-21(13-6-3-5-12(9-13)19-11-22)16-18-10-15-14(20-16)7-4-8-17-15/h3-11H,2H2,1H3,(H,19,22). The zero-order valence-corrected chi connectivity index (χ0v) is 12.5. The van der Waals surface area contributed by atoms with Crippen LogP contribution in [0.15, 0.2) is 48.8 Å². The summed E-state index contributed by atoms with van der Waals surface area (Å²) >= 11 is 0. The smallest absolute Gasteiger partial charge is 0.255 e. The molecule has 0 radical (unpaired) electrons. The Morgan fingerprint density at radius 1 is 1.22 bits per heavy atom. The summed E-state index contributed by atoms with van der Waals surface area (Å²) < 4.78 is 0. The fourth-order valence-corrected chi connectivity index (χ4v) is 2.12. The van der Waals surface area contributed by atoms with Crippen LogP contribution < -0.4 is 10.4 Å². The number of carbonyl (C=O) groups is 1. The lowest BCUT2D eigenvalue weighted by molar-refractivity contribution is -0.105. The van der Waals surface area contributed by atoms with Gasteiger partial charge in [0.25, 0.3) is 5.95 Å². The molecule has 2 aromatic heterocycles. The van der Waals surface area contributed by atoms with Gasteiger partial charge in [0.2, 0.25) is 6.41 Å². The molecule has 7 nitrogen and oxygen atoms in total. The molecule has 7 heteroatoms. The van der Waals surface area contributed by atoms with Crippen molar-refractivity contribution in [1.29, 1.82) is 0 Å². The predicted molar refractivity (Wildman–Crippen MR) is 87.2 cm³/mol. The van der Waals surface area contributed by atoms with E-state index in [1.165, 1.54) is 5.06 Å². The topological polar surface area (TPSA) is 80.2 Å². The van der Waals surface area contributed by atoms with Crippen molar-refractivity contribution >= 4 is 34.8 Å². The van der Waals surface area contributed by atoms with E-state index in [1.54, 1.807) is 24.5 Å². The van der Waals surface area contributed by atoms with E-state index in [9.17, 15) is 4.79 Å². The molecule has 2 heterocycles. The molecule has 23 heavy (non-hydrogen) atoms. The van der Waals surface area contributed by atoms with E-state index in [4.69, 9.17) is 4.84 Å². The summed E-state index contributed by atoms with van der Waals surface area (Å²) in [5, 5.41) is 4.14. The van der Waals surface area contributed by atoms with Gasteiger partial charge in [0, 0.05) is 11.9 Å². The normalized spacial score (nSPS) is 10.5. The van der Waals surface area contributed by atoms with Crippen LogP contribution in [0.3, 0.4) is 0 Å². The van der Waals surface area contributed by atoms with E-state index in [1.807, 2.05) is 31.2 Å². The Labute approximate surface area is 132 Å². The summed E-state index contributed by atoms with van der Waals surface area (Å²) in [6.45, 7) is 2.32. The van der Waals surface area contributed by atoms with Gasteiger partial charge in [-0.3, -0.25) is 14.6 Å². The molecule has 0 saturated heterocycles. The molecule has 0 saturated carbocycles. The first-order valence-electron chi connectivity index (χ1n) is 7.13. The Balaban J connectivity index is 2.02. The number of aromatic nitrogens is 3. The van der Waals surface area contributed by atoms with Crippen molar-refractivity contribution in [2.24, 2.45) is 0 Å². The van der Waals surface area contributed by atoms with Gasteiger partial charge in [0.1, 0.15) is 5.52 Å². The summed E-state index contributed by atoms with van der Waals surface area (Å²) in [5.41, 5.74) is 2.81. The zero-order valence-electron chi connectivity index (χ0n) is 12.5. The van der Waals surface area contributed by atoms with Gasteiger partial charge in [0.15, 0.2) is 0 Å². The van der Waals surface area contributed by atoms with Crippen molar-refractivity contribution in [1.82, 2.24) is 15.0 Å². The minimum atomic E-state index is 0.399. The van der Waals surface area contributed by atoms with Gasteiger partial charge < -0.3 is 5.32 Å². The molecular formula is C16H15N5O2. The average Bonchev–Trinajstić information content (AvgIpc) is 2.60. The number of carbonyl (C=O) groups excluding carboxylic acids is 1. The van der Waals surface area contributed by atoms with Gasteiger partial charge in [-0.05, 0) is 37.3 Å². The largest absolute Gasteiger partial charge is 0.329 e. The van der Waals surface area contributed by atoms with Crippen LogP contribution in [0.5, 0.6) is 0 Å². The number of nitrogens with one attached hydrogen (secondary N) is 1. The van der Waals surface area contributed by atoms with Crippen LogP contribution in [0.1, 0.15) is 6.92 Å². The molecule has 0 aliphatic heterocycles. The van der Waals surface area contributed by atoms with E-state index < -0.39 is 0 Å². The lowest BCUT2D eigenvalue weighted by Crippen LogP contribution is -2.20. The van der Waals surface area contributed by atoms with E-state index in [0.717, 1.165) is 5.52 Å². The van der Waals surface area contributed by atoms with Gasteiger partial charge in [-0.1, -0.05) is 6.07 Å².